The van der Waals surface area contributed by atoms with Crippen molar-refractivity contribution >= 4 is 33.2 Å². The van der Waals surface area contributed by atoms with E-state index in [4.69, 9.17) is 11.5 Å². The van der Waals surface area contributed by atoms with Crippen molar-refractivity contribution in [1.82, 2.24) is 0 Å². The third kappa shape index (κ3) is 3.26. The zero-order valence-corrected chi connectivity index (χ0v) is 11.8. The zero-order valence-electron chi connectivity index (χ0n) is 10.2. The number of hydrogen-bond acceptors (Lipinski definition) is 3. The third-order valence-corrected chi connectivity index (χ3v) is 3.54. The first kappa shape index (κ1) is 13.4. The van der Waals surface area contributed by atoms with Crippen molar-refractivity contribution < 1.29 is 4.79 Å². The first-order valence-corrected chi connectivity index (χ1v) is 6.54. The first-order chi connectivity index (χ1) is 9.08. The molecule has 0 spiro atoms. The van der Waals surface area contributed by atoms with Crippen molar-refractivity contribution in [3.63, 3.8) is 0 Å². The molecule has 19 heavy (non-hydrogen) atoms. The number of nitrogens with two attached hydrogens (primary N) is 2. The van der Waals surface area contributed by atoms with Crippen LogP contribution in [0.4, 0.5) is 11.4 Å². The van der Waals surface area contributed by atoms with Crippen LogP contribution in [0.5, 0.6) is 0 Å². The third-order valence-electron chi connectivity index (χ3n) is 2.76. The van der Waals surface area contributed by atoms with Gasteiger partial charge in [-0.2, -0.15) is 0 Å². The SMILES string of the molecule is NC(=O)c1ccc(N)c(NCc2ccccc2Br)c1. The summed E-state index contributed by atoms with van der Waals surface area (Å²) in [5.41, 5.74) is 13.9. The summed E-state index contributed by atoms with van der Waals surface area (Å²) < 4.78 is 1.02. The van der Waals surface area contributed by atoms with Crippen LogP contribution in [0.2, 0.25) is 0 Å². The minimum absolute atomic E-state index is 0.434. The van der Waals surface area contributed by atoms with Gasteiger partial charge in [-0.3, -0.25) is 4.79 Å². The Labute approximate surface area is 119 Å². The van der Waals surface area contributed by atoms with Gasteiger partial charge in [0.25, 0.3) is 0 Å². The fraction of sp³-hybridized carbons (Fsp3) is 0.0714. The molecule has 2 rings (SSSR count). The lowest BCUT2D eigenvalue weighted by Crippen LogP contribution is -2.12. The molecular weight excluding hydrogens is 306 g/mol. The Kier molecular flexibility index (Phi) is 4.06. The fourth-order valence-corrected chi connectivity index (χ4v) is 2.12. The molecule has 0 fully saturated rings. The molecule has 5 heteroatoms. The average Bonchev–Trinajstić information content (AvgIpc) is 2.39. The number of nitrogens with one attached hydrogen (secondary N) is 1. The lowest BCUT2D eigenvalue weighted by atomic mass is 10.1. The summed E-state index contributed by atoms with van der Waals surface area (Å²) in [5, 5.41) is 3.20. The number of halogens is 1. The molecule has 5 N–H and O–H groups in total. The minimum atomic E-state index is -0.469. The largest absolute Gasteiger partial charge is 0.397 e. The molecule has 0 saturated carbocycles. The molecule has 2 aromatic rings. The van der Waals surface area contributed by atoms with Crippen molar-refractivity contribution in [3.05, 3.63) is 58.1 Å². The van der Waals surface area contributed by atoms with Gasteiger partial charge < -0.3 is 16.8 Å². The molecule has 0 unspecified atom stereocenters. The number of nitrogen functional groups attached to an aromatic ring is 1. The van der Waals surface area contributed by atoms with E-state index >= 15 is 0 Å². The molecule has 0 aliphatic heterocycles. The molecule has 2 aromatic carbocycles. The van der Waals surface area contributed by atoms with Gasteiger partial charge in [0.1, 0.15) is 0 Å². The van der Waals surface area contributed by atoms with Crippen LogP contribution in [0.25, 0.3) is 0 Å². The Morgan fingerprint density at radius 2 is 1.95 bits per heavy atom. The molecular formula is C14H14BrN3O. The molecule has 0 bridgehead atoms. The Morgan fingerprint density at radius 3 is 2.63 bits per heavy atom. The van der Waals surface area contributed by atoms with E-state index in [1.807, 2.05) is 24.3 Å². The summed E-state index contributed by atoms with van der Waals surface area (Å²) in [4.78, 5) is 11.1. The highest BCUT2D eigenvalue weighted by Crippen LogP contribution is 2.22. The van der Waals surface area contributed by atoms with Gasteiger partial charge in [-0.1, -0.05) is 34.1 Å². The van der Waals surface area contributed by atoms with Crippen LogP contribution >= 0.6 is 15.9 Å². The van der Waals surface area contributed by atoms with Gasteiger partial charge >= 0.3 is 0 Å². The summed E-state index contributed by atoms with van der Waals surface area (Å²) in [6, 6.07) is 12.8. The van der Waals surface area contributed by atoms with E-state index in [1.165, 1.54) is 0 Å². The molecule has 0 saturated heterocycles. The van der Waals surface area contributed by atoms with E-state index in [1.54, 1.807) is 18.2 Å². The molecule has 0 aliphatic rings. The van der Waals surface area contributed by atoms with Crippen LogP contribution < -0.4 is 16.8 Å². The summed E-state index contributed by atoms with van der Waals surface area (Å²) in [5.74, 6) is -0.469. The average molecular weight is 320 g/mol. The molecule has 1 amide bonds. The molecule has 0 aromatic heterocycles. The smallest absolute Gasteiger partial charge is 0.248 e. The predicted molar refractivity (Wildman–Crippen MR) is 80.8 cm³/mol. The Bertz CT molecular complexity index is 613. The van der Waals surface area contributed by atoms with Crippen LogP contribution in [0, 0.1) is 0 Å². The van der Waals surface area contributed by atoms with Gasteiger partial charge in [0, 0.05) is 16.6 Å². The molecule has 0 heterocycles. The van der Waals surface area contributed by atoms with Crippen LogP contribution in [-0.2, 0) is 6.54 Å². The highest BCUT2D eigenvalue weighted by atomic mass is 79.9. The van der Waals surface area contributed by atoms with Crippen molar-refractivity contribution in [1.29, 1.82) is 0 Å². The number of rotatable bonds is 4. The maximum Gasteiger partial charge on any atom is 0.248 e. The molecule has 4 nitrogen and oxygen atoms in total. The topological polar surface area (TPSA) is 81.1 Å². The second-order valence-corrected chi connectivity index (χ2v) is 4.97. The van der Waals surface area contributed by atoms with Gasteiger partial charge in [-0.05, 0) is 29.8 Å². The number of primary amides is 1. The van der Waals surface area contributed by atoms with Crippen molar-refractivity contribution in [2.24, 2.45) is 5.73 Å². The second kappa shape index (κ2) is 5.75. The summed E-state index contributed by atoms with van der Waals surface area (Å²) in [7, 11) is 0. The van der Waals surface area contributed by atoms with Crippen molar-refractivity contribution in [2.45, 2.75) is 6.54 Å². The first-order valence-electron chi connectivity index (χ1n) is 5.74. The lowest BCUT2D eigenvalue weighted by molar-refractivity contribution is 0.100. The molecule has 98 valence electrons. The second-order valence-electron chi connectivity index (χ2n) is 4.11. The van der Waals surface area contributed by atoms with Crippen LogP contribution in [0.3, 0.4) is 0 Å². The van der Waals surface area contributed by atoms with Gasteiger partial charge in [0.05, 0.1) is 11.4 Å². The summed E-state index contributed by atoms with van der Waals surface area (Å²) in [6.45, 7) is 0.605. The number of amides is 1. The van der Waals surface area contributed by atoms with Gasteiger partial charge in [-0.15, -0.1) is 0 Å². The number of carbonyl (C=O) groups is 1. The quantitative estimate of drug-likeness (QED) is 0.758. The predicted octanol–water partition coefficient (Wildman–Crippen LogP) is 2.74. The van der Waals surface area contributed by atoms with E-state index in [9.17, 15) is 4.79 Å². The lowest BCUT2D eigenvalue weighted by Gasteiger charge is -2.11. The fourth-order valence-electron chi connectivity index (χ4n) is 1.69. The molecule has 0 atom stereocenters. The van der Waals surface area contributed by atoms with Gasteiger partial charge in [0.2, 0.25) is 5.91 Å². The summed E-state index contributed by atoms with van der Waals surface area (Å²) in [6.07, 6.45) is 0. The minimum Gasteiger partial charge on any atom is -0.397 e. The standard InChI is InChI=1S/C14H14BrN3O/c15-11-4-2-1-3-10(11)8-18-13-7-9(14(17)19)5-6-12(13)16/h1-7,18H,8,16H2,(H2,17,19). The number of anilines is 2. The van der Waals surface area contributed by atoms with Gasteiger partial charge in [-0.25, -0.2) is 0 Å². The highest BCUT2D eigenvalue weighted by Gasteiger charge is 2.05. The maximum absolute atomic E-state index is 11.1. The molecule has 0 aliphatic carbocycles. The van der Waals surface area contributed by atoms with E-state index in [2.05, 4.69) is 21.2 Å². The normalized spacial score (nSPS) is 10.2. The van der Waals surface area contributed by atoms with E-state index in [0.29, 0.717) is 23.5 Å². The Hall–Kier alpha value is -2.01. The van der Waals surface area contributed by atoms with Crippen molar-refractivity contribution in [3.8, 4) is 0 Å². The zero-order chi connectivity index (χ0) is 13.8. The Balaban J connectivity index is 2.17. The van der Waals surface area contributed by atoms with Crippen LogP contribution in [0.15, 0.2) is 46.9 Å². The highest BCUT2D eigenvalue weighted by molar-refractivity contribution is 9.10. The maximum atomic E-state index is 11.1. The number of benzene rings is 2. The summed E-state index contributed by atoms with van der Waals surface area (Å²) >= 11 is 3.48. The van der Waals surface area contributed by atoms with E-state index in [-0.39, 0.29) is 0 Å². The molecule has 0 radical (unpaired) electrons. The van der Waals surface area contributed by atoms with Crippen LogP contribution in [0.1, 0.15) is 15.9 Å². The number of hydrogen-bond donors (Lipinski definition) is 3. The van der Waals surface area contributed by atoms with E-state index in [0.717, 1.165) is 10.0 Å². The van der Waals surface area contributed by atoms with E-state index < -0.39 is 5.91 Å². The number of carbonyl (C=O) groups excluding carboxylic acids is 1. The Morgan fingerprint density at radius 1 is 1.21 bits per heavy atom. The van der Waals surface area contributed by atoms with Crippen molar-refractivity contribution in [2.75, 3.05) is 11.1 Å². The van der Waals surface area contributed by atoms with Crippen LogP contribution in [-0.4, -0.2) is 5.91 Å². The van der Waals surface area contributed by atoms with Gasteiger partial charge in [0.15, 0.2) is 0 Å². The monoisotopic (exact) mass is 319 g/mol.